The molecule has 2 N–H and O–H groups in total. The SMILES string of the molecule is C=CCC(CC)CC(N)CC. The van der Waals surface area contributed by atoms with Gasteiger partial charge in [-0.1, -0.05) is 26.3 Å². The molecule has 0 radical (unpaired) electrons. The zero-order chi connectivity index (χ0) is 8.69. The molecule has 0 fully saturated rings. The maximum Gasteiger partial charge on any atom is 0.00389 e. The molecule has 1 nitrogen and oxygen atoms in total. The van der Waals surface area contributed by atoms with Crippen LogP contribution in [0.1, 0.15) is 39.5 Å². The third-order valence-corrected chi connectivity index (χ3v) is 2.24. The van der Waals surface area contributed by atoms with Crippen molar-refractivity contribution in [3.63, 3.8) is 0 Å². The van der Waals surface area contributed by atoms with Crippen molar-refractivity contribution in [3.8, 4) is 0 Å². The lowest BCUT2D eigenvalue weighted by Crippen LogP contribution is -2.22. The first-order valence-electron chi connectivity index (χ1n) is 4.61. The minimum atomic E-state index is 0.389. The van der Waals surface area contributed by atoms with Crippen molar-refractivity contribution < 1.29 is 0 Å². The molecule has 0 aliphatic carbocycles. The highest BCUT2D eigenvalue weighted by molar-refractivity contribution is 4.75. The number of allylic oxidation sites excluding steroid dienone is 1. The summed E-state index contributed by atoms with van der Waals surface area (Å²) in [7, 11) is 0. The minimum Gasteiger partial charge on any atom is -0.328 e. The Kier molecular flexibility index (Phi) is 6.24. The van der Waals surface area contributed by atoms with Crippen molar-refractivity contribution >= 4 is 0 Å². The Morgan fingerprint density at radius 3 is 2.36 bits per heavy atom. The van der Waals surface area contributed by atoms with Gasteiger partial charge in [-0.15, -0.1) is 6.58 Å². The van der Waals surface area contributed by atoms with E-state index in [2.05, 4.69) is 20.4 Å². The fraction of sp³-hybridized carbons (Fsp3) is 0.800. The van der Waals surface area contributed by atoms with Gasteiger partial charge in [-0.3, -0.25) is 0 Å². The second-order valence-electron chi connectivity index (χ2n) is 3.20. The molecule has 1 heteroatoms. The number of rotatable bonds is 6. The Labute approximate surface area is 70.7 Å². The molecule has 0 aliphatic heterocycles. The van der Waals surface area contributed by atoms with E-state index in [1.54, 1.807) is 0 Å². The van der Waals surface area contributed by atoms with Gasteiger partial charge in [0.15, 0.2) is 0 Å². The largest absolute Gasteiger partial charge is 0.328 e. The summed E-state index contributed by atoms with van der Waals surface area (Å²) >= 11 is 0. The van der Waals surface area contributed by atoms with E-state index >= 15 is 0 Å². The molecule has 66 valence electrons. The quantitative estimate of drug-likeness (QED) is 0.586. The van der Waals surface area contributed by atoms with Gasteiger partial charge in [0.1, 0.15) is 0 Å². The van der Waals surface area contributed by atoms with Gasteiger partial charge in [0.25, 0.3) is 0 Å². The first kappa shape index (κ1) is 10.7. The van der Waals surface area contributed by atoms with E-state index in [4.69, 9.17) is 5.73 Å². The Bertz CT molecular complexity index is 99.0. The van der Waals surface area contributed by atoms with Crippen LogP contribution in [0.2, 0.25) is 0 Å². The molecule has 0 aromatic heterocycles. The fourth-order valence-corrected chi connectivity index (χ4v) is 1.26. The van der Waals surface area contributed by atoms with Crippen LogP contribution in [0, 0.1) is 5.92 Å². The lowest BCUT2D eigenvalue weighted by Gasteiger charge is -2.16. The van der Waals surface area contributed by atoms with Gasteiger partial charge in [-0.25, -0.2) is 0 Å². The third-order valence-electron chi connectivity index (χ3n) is 2.24. The van der Waals surface area contributed by atoms with Gasteiger partial charge >= 0.3 is 0 Å². The van der Waals surface area contributed by atoms with Gasteiger partial charge in [0, 0.05) is 6.04 Å². The molecule has 0 bridgehead atoms. The highest BCUT2D eigenvalue weighted by Crippen LogP contribution is 2.15. The molecule has 0 amide bonds. The normalized spacial score (nSPS) is 15.9. The molecule has 0 aromatic carbocycles. The van der Waals surface area contributed by atoms with Crippen molar-refractivity contribution in [3.05, 3.63) is 12.7 Å². The molecule has 0 saturated carbocycles. The van der Waals surface area contributed by atoms with E-state index in [0.29, 0.717) is 6.04 Å². The van der Waals surface area contributed by atoms with Gasteiger partial charge in [0.05, 0.1) is 0 Å². The molecule has 0 aliphatic rings. The fourth-order valence-electron chi connectivity index (χ4n) is 1.26. The summed E-state index contributed by atoms with van der Waals surface area (Å²) in [4.78, 5) is 0. The van der Waals surface area contributed by atoms with Crippen molar-refractivity contribution in [2.45, 2.75) is 45.6 Å². The first-order valence-corrected chi connectivity index (χ1v) is 4.61. The second-order valence-corrected chi connectivity index (χ2v) is 3.20. The maximum absolute atomic E-state index is 5.85. The smallest absolute Gasteiger partial charge is 0.00389 e. The Hall–Kier alpha value is -0.300. The van der Waals surface area contributed by atoms with E-state index in [9.17, 15) is 0 Å². The Balaban J connectivity index is 3.57. The number of hydrogen-bond donors (Lipinski definition) is 1. The van der Waals surface area contributed by atoms with Crippen LogP contribution in [0.15, 0.2) is 12.7 Å². The third kappa shape index (κ3) is 5.02. The molecule has 2 unspecified atom stereocenters. The van der Waals surface area contributed by atoms with Crippen LogP contribution >= 0.6 is 0 Å². The van der Waals surface area contributed by atoms with Gasteiger partial charge in [-0.05, 0) is 25.2 Å². The monoisotopic (exact) mass is 155 g/mol. The molecule has 0 saturated heterocycles. The molecule has 0 spiro atoms. The van der Waals surface area contributed by atoms with E-state index in [0.717, 1.165) is 25.2 Å². The lowest BCUT2D eigenvalue weighted by atomic mass is 9.93. The van der Waals surface area contributed by atoms with Crippen LogP contribution in [0.4, 0.5) is 0 Å². The standard InChI is InChI=1S/C10H21N/c1-4-7-9(5-2)8-10(11)6-3/h4,9-10H,1,5-8,11H2,2-3H3. The van der Waals surface area contributed by atoms with E-state index < -0.39 is 0 Å². The van der Waals surface area contributed by atoms with Crippen LogP contribution in [-0.2, 0) is 0 Å². The number of hydrogen-bond acceptors (Lipinski definition) is 1. The zero-order valence-corrected chi connectivity index (χ0v) is 7.84. The first-order chi connectivity index (χ1) is 5.24. The summed E-state index contributed by atoms with van der Waals surface area (Å²) in [5.41, 5.74) is 5.85. The summed E-state index contributed by atoms with van der Waals surface area (Å²) < 4.78 is 0. The van der Waals surface area contributed by atoms with Crippen LogP contribution in [-0.4, -0.2) is 6.04 Å². The van der Waals surface area contributed by atoms with Crippen molar-refractivity contribution in [2.75, 3.05) is 0 Å². The zero-order valence-electron chi connectivity index (χ0n) is 7.84. The Morgan fingerprint density at radius 1 is 1.36 bits per heavy atom. The second kappa shape index (κ2) is 6.41. The van der Waals surface area contributed by atoms with Crippen molar-refractivity contribution in [1.29, 1.82) is 0 Å². The summed E-state index contributed by atoms with van der Waals surface area (Å²) in [6.07, 6.45) is 6.58. The van der Waals surface area contributed by atoms with Crippen molar-refractivity contribution in [1.82, 2.24) is 0 Å². The highest BCUT2D eigenvalue weighted by atomic mass is 14.6. The van der Waals surface area contributed by atoms with Crippen molar-refractivity contribution in [2.24, 2.45) is 11.7 Å². The molecule has 0 heterocycles. The molecular weight excluding hydrogens is 134 g/mol. The summed E-state index contributed by atoms with van der Waals surface area (Å²) in [5, 5.41) is 0. The van der Waals surface area contributed by atoms with Gasteiger partial charge in [-0.2, -0.15) is 0 Å². The molecule has 0 aromatic rings. The Morgan fingerprint density at radius 2 is 2.00 bits per heavy atom. The average Bonchev–Trinajstić information content (AvgIpc) is 2.03. The van der Waals surface area contributed by atoms with Crippen LogP contribution < -0.4 is 5.73 Å². The van der Waals surface area contributed by atoms with Crippen LogP contribution in [0.3, 0.4) is 0 Å². The van der Waals surface area contributed by atoms with E-state index in [1.807, 2.05) is 6.08 Å². The van der Waals surface area contributed by atoms with E-state index in [-0.39, 0.29) is 0 Å². The predicted octanol–water partition coefficient (Wildman–Crippen LogP) is 2.72. The highest BCUT2D eigenvalue weighted by Gasteiger charge is 2.08. The summed E-state index contributed by atoms with van der Waals surface area (Å²) in [5.74, 6) is 0.752. The van der Waals surface area contributed by atoms with E-state index in [1.165, 1.54) is 6.42 Å². The van der Waals surface area contributed by atoms with Crippen LogP contribution in [0.5, 0.6) is 0 Å². The minimum absolute atomic E-state index is 0.389. The molecular formula is C10H21N. The number of nitrogens with two attached hydrogens (primary N) is 1. The molecule has 0 rings (SSSR count). The summed E-state index contributed by atoms with van der Waals surface area (Å²) in [6, 6.07) is 0.389. The lowest BCUT2D eigenvalue weighted by molar-refractivity contribution is 0.418. The topological polar surface area (TPSA) is 26.0 Å². The van der Waals surface area contributed by atoms with Gasteiger partial charge in [0.2, 0.25) is 0 Å². The predicted molar refractivity (Wildman–Crippen MR) is 51.5 cm³/mol. The average molecular weight is 155 g/mol. The summed E-state index contributed by atoms with van der Waals surface area (Å²) in [6.45, 7) is 8.10. The van der Waals surface area contributed by atoms with Crippen LogP contribution in [0.25, 0.3) is 0 Å². The molecule has 2 atom stereocenters. The maximum atomic E-state index is 5.85. The van der Waals surface area contributed by atoms with Gasteiger partial charge < -0.3 is 5.73 Å². The molecule has 11 heavy (non-hydrogen) atoms.